The number of rotatable bonds is 6. The fourth-order valence-electron chi connectivity index (χ4n) is 3.79. The van der Waals surface area contributed by atoms with E-state index in [-0.39, 0.29) is 19.2 Å². The molecule has 0 saturated carbocycles. The smallest absolute Gasteiger partial charge is 0.317 e. The summed E-state index contributed by atoms with van der Waals surface area (Å²) in [6.07, 6.45) is 2.18. The summed E-state index contributed by atoms with van der Waals surface area (Å²) >= 11 is 0. The van der Waals surface area contributed by atoms with Crippen molar-refractivity contribution in [3.8, 4) is 0 Å². The highest BCUT2D eigenvalue weighted by Crippen LogP contribution is 2.32. The number of aliphatic hydroxyl groups is 2. The Morgan fingerprint density at radius 1 is 1.44 bits per heavy atom. The fourth-order valence-corrected chi connectivity index (χ4v) is 3.79. The maximum atomic E-state index is 12.1. The summed E-state index contributed by atoms with van der Waals surface area (Å²) in [7, 11) is 1.61. The van der Waals surface area contributed by atoms with Gasteiger partial charge in [0, 0.05) is 31.2 Å². The Kier molecular flexibility index (Phi) is 5.30. The predicted molar refractivity (Wildman–Crippen MR) is 97.8 cm³/mol. The highest BCUT2D eigenvalue weighted by atomic mass is 16.3. The Morgan fingerprint density at radius 3 is 3.00 bits per heavy atom. The first-order valence-electron chi connectivity index (χ1n) is 8.90. The first-order chi connectivity index (χ1) is 12.0. The largest absolute Gasteiger partial charge is 0.394 e. The van der Waals surface area contributed by atoms with Crippen molar-refractivity contribution in [1.29, 1.82) is 0 Å². The molecular weight excluding hydrogens is 318 g/mol. The molecule has 25 heavy (non-hydrogen) atoms. The molecule has 2 amide bonds. The SMILES string of the molecule is Cc1c(CCNC(=O)N(C)C[C@@H](O)CO)c2cccc3c2n1CCC3. The first kappa shape index (κ1) is 17.8. The van der Waals surface area contributed by atoms with E-state index in [1.165, 1.54) is 39.0 Å². The van der Waals surface area contributed by atoms with Crippen LogP contribution in [-0.2, 0) is 19.4 Å². The lowest BCUT2D eigenvalue weighted by Crippen LogP contribution is -2.42. The molecule has 3 N–H and O–H groups in total. The molecule has 3 rings (SSSR count). The molecule has 0 radical (unpaired) electrons. The van der Waals surface area contributed by atoms with Crippen LogP contribution in [0.3, 0.4) is 0 Å². The van der Waals surface area contributed by atoms with E-state index in [4.69, 9.17) is 5.11 Å². The normalized spacial score (nSPS) is 14.6. The van der Waals surface area contributed by atoms with E-state index in [1.807, 2.05) is 0 Å². The van der Waals surface area contributed by atoms with Crippen molar-refractivity contribution in [2.24, 2.45) is 0 Å². The summed E-state index contributed by atoms with van der Waals surface area (Å²) in [5.41, 5.74) is 5.37. The predicted octanol–water partition coefficient (Wildman–Crippen LogP) is 1.43. The third-order valence-electron chi connectivity index (χ3n) is 5.08. The van der Waals surface area contributed by atoms with Crippen LogP contribution < -0.4 is 5.32 Å². The number of aryl methyl sites for hydroxylation is 2. The van der Waals surface area contributed by atoms with Crippen molar-refractivity contribution in [1.82, 2.24) is 14.8 Å². The van der Waals surface area contributed by atoms with Crippen molar-refractivity contribution in [3.63, 3.8) is 0 Å². The summed E-state index contributed by atoms with van der Waals surface area (Å²) in [6, 6.07) is 6.27. The van der Waals surface area contributed by atoms with Crippen LogP contribution in [0.4, 0.5) is 4.79 Å². The van der Waals surface area contributed by atoms with Crippen molar-refractivity contribution in [3.05, 3.63) is 35.0 Å². The monoisotopic (exact) mass is 345 g/mol. The van der Waals surface area contributed by atoms with Crippen LogP contribution in [-0.4, -0.2) is 58.6 Å². The molecule has 136 valence electrons. The van der Waals surface area contributed by atoms with Gasteiger partial charge >= 0.3 is 6.03 Å². The third-order valence-corrected chi connectivity index (χ3v) is 5.08. The third kappa shape index (κ3) is 3.50. The minimum absolute atomic E-state index is 0.115. The average molecular weight is 345 g/mol. The van der Waals surface area contributed by atoms with Crippen molar-refractivity contribution in [2.75, 3.05) is 26.7 Å². The average Bonchev–Trinajstić information content (AvgIpc) is 2.89. The Labute approximate surface area is 148 Å². The molecule has 0 spiro atoms. The number of urea groups is 1. The van der Waals surface area contributed by atoms with Gasteiger partial charge in [-0.2, -0.15) is 0 Å². The molecular formula is C19H27N3O3. The van der Waals surface area contributed by atoms with Gasteiger partial charge in [0.2, 0.25) is 0 Å². The van der Waals surface area contributed by atoms with Crippen molar-refractivity contribution in [2.45, 2.75) is 38.8 Å². The molecule has 1 atom stereocenters. The minimum atomic E-state index is -0.906. The minimum Gasteiger partial charge on any atom is -0.394 e. The fraction of sp³-hybridized carbons (Fsp3) is 0.526. The molecule has 0 aliphatic carbocycles. The zero-order valence-corrected chi connectivity index (χ0v) is 15.0. The molecule has 0 unspecified atom stereocenters. The Morgan fingerprint density at radius 2 is 2.24 bits per heavy atom. The molecule has 6 nitrogen and oxygen atoms in total. The van der Waals surface area contributed by atoms with Gasteiger partial charge in [-0.15, -0.1) is 0 Å². The lowest BCUT2D eigenvalue weighted by atomic mass is 10.0. The molecule has 2 aromatic rings. The van der Waals surface area contributed by atoms with E-state index in [9.17, 15) is 9.90 Å². The summed E-state index contributed by atoms with van der Waals surface area (Å²) < 4.78 is 2.41. The summed E-state index contributed by atoms with van der Waals surface area (Å²) in [6.45, 7) is 3.54. The van der Waals surface area contributed by atoms with Gasteiger partial charge in [0.25, 0.3) is 0 Å². The Balaban J connectivity index is 1.68. The van der Waals surface area contributed by atoms with Gasteiger partial charge < -0.3 is 25.0 Å². The molecule has 0 saturated heterocycles. The maximum absolute atomic E-state index is 12.1. The second-order valence-electron chi connectivity index (χ2n) is 6.83. The lowest BCUT2D eigenvalue weighted by Gasteiger charge is -2.20. The van der Waals surface area contributed by atoms with Gasteiger partial charge in [0.1, 0.15) is 0 Å². The number of carbonyl (C=O) groups excluding carboxylic acids is 1. The molecule has 1 aromatic carbocycles. The number of carbonyl (C=O) groups is 1. The summed E-state index contributed by atoms with van der Waals surface area (Å²) in [5, 5.41) is 22.5. The second-order valence-corrected chi connectivity index (χ2v) is 6.83. The van der Waals surface area contributed by atoms with E-state index in [2.05, 4.69) is 35.0 Å². The zero-order chi connectivity index (χ0) is 18.0. The quantitative estimate of drug-likeness (QED) is 0.741. The van der Waals surface area contributed by atoms with Crippen LogP contribution in [0.15, 0.2) is 18.2 Å². The number of hydrogen-bond donors (Lipinski definition) is 3. The zero-order valence-electron chi connectivity index (χ0n) is 15.0. The van der Waals surface area contributed by atoms with E-state index < -0.39 is 6.10 Å². The van der Waals surface area contributed by atoms with Crippen molar-refractivity contribution >= 4 is 16.9 Å². The highest BCUT2D eigenvalue weighted by Gasteiger charge is 2.19. The topological polar surface area (TPSA) is 77.7 Å². The van der Waals surface area contributed by atoms with E-state index >= 15 is 0 Å². The number of hydrogen-bond acceptors (Lipinski definition) is 3. The Hall–Kier alpha value is -2.05. The van der Waals surface area contributed by atoms with Gasteiger partial charge in [0.05, 0.1) is 24.8 Å². The van der Waals surface area contributed by atoms with Gasteiger partial charge in [-0.3, -0.25) is 0 Å². The number of nitrogens with one attached hydrogen (secondary N) is 1. The maximum Gasteiger partial charge on any atom is 0.317 e. The van der Waals surface area contributed by atoms with Gasteiger partial charge in [-0.05, 0) is 37.3 Å². The highest BCUT2D eigenvalue weighted by molar-refractivity contribution is 5.88. The molecule has 0 bridgehead atoms. The number of nitrogens with zero attached hydrogens (tertiary/aromatic N) is 2. The number of benzene rings is 1. The molecule has 1 aliphatic rings. The van der Waals surface area contributed by atoms with Gasteiger partial charge in [0.15, 0.2) is 0 Å². The van der Waals surface area contributed by atoms with Crippen molar-refractivity contribution < 1.29 is 15.0 Å². The number of aliphatic hydroxyl groups excluding tert-OH is 2. The van der Waals surface area contributed by atoms with E-state index in [0.29, 0.717) is 6.54 Å². The Bertz CT molecular complexity index is 769. The number of para-hydroxylation sites is 1. The van der Waals surface area contributed by atoms with Crippen LogP contribution in [0, 0.1) is 6.92 Å². The molecule has 1 aliphatic heterocycles. The standard InChI is InChI=1S/C19H27N3O3/c1-13-16(8-9-20-19(25)21(2)11-15(24)12-23)17-7-3-5-14-6-4-10-22(13)18(14)17/h3,5,7,15,23-24H,4,6,8-12H2,1-2H3,(H,20,25)/t15-/m1/s1. The van der Waals surface area contributed by atoms with Crippen LogP contribution in [0.25, 0.3) is 10.9 Å². The van der Waals surface area contributed by atoms with Gasteiger partial charge in [-0.1, -0.05) is 18.2 Å². The summed E-state index contributed by atoms with van der Waals surface area (Å²) in [4.78, 5) is 13.5. The van der Waals surface area contributed by atoms with Crippen LogP contribution in [0.5, 0.6) is 0 Å². The first-order valence-corrected chi connectivity index (χ1v) is 8.90. The summed E-state index contributed by atoms with van der Waals surface area (Å²) in [5.74, 6) is 0. The molecule has 2 heterocycles. The number of aromatic nitrogens is 1. The lowest BCUT2D eigenvalue weighted by molar-refractivity contribution is 0.0733. The molecule has 6 heteroatoms. The number of amides is 2. The van der Waals surface area contributed by atoms with E-state index in [0.717, 1.165) is 19.4 Å². The van der Waals surface area contributed by atoms with Crippen LogP contribution in [0.1, 0.15) is 23.2 Å². The van der Waals surface area contributed by atoms with E-state index in [1.54, 1.807) is 7.05 Å². The van der Waals surface area contributed by atoms with Gasteiger partial charge in [-0.25, -0.2) is 4.79 Å². The van der Waals surface area contributed by atoms with Crippen LogP contribution in [0.2, 0.25) is 0 Å². The second kappa shape index (κ2) is 7.45. The number of likely N-dealkylation sites (N-methyl/N-ethyl adjacent to an activating group) is 1. The van der Waals surface area contributed by atoms with Crippen LogP contribution >= 0.6 is 0 Å². The molecule has 0 fully saturated rings. The molecule has 1 aromatic heterocycles.